The molecule has 4 amide bonds. The fourth-order valence-electron chi connectivity index (χ4n) is 2.95. The number of rotatable bonds is 8. The molecule has 34 heavy (non-hydrogen) atoms. The molecule has 2 aromatic carbocycles. The van der Waals surface area contributed by atoms with Gasteiger partial charge in [0.2, 0.25) is 5.91 Å². The number of methoxy groups -OCH3 is 2. The topological polar surface area (TPSA) is 123 Å². The lowest BCUT2D eigenvalue weighted by Gasteiger charge is -2.13. The van der Waals surface area contributed by atoms with E-state index in [1.807, 2.05) is 0 Å². The van der Waals surface area contributed by atoms with Crippen LogP contribution in [0.3, 0.4) is 0 Å². The monoisotopic (exact) mass is 551 g/mol. The number of anilines is 1. The molecule has 0 aliphatic carbocycles. The number of benzene rings is 2. The summed E-state index contributed by atoms with van der Waals surface area (Å²) in [5.74, 6) is -1.19. The number of nitrogens with one attached hydrogen (secondary N) is 2. The second kappa shape index (κ2) is 11.0. The average Bonchev–Trinajstić information content (AvgIpc) is 3.05. The molecule has 0 spiro atoms. The highest BCUT2D eigenvalue weighted by atomic mass is 79.9. The lowest BCUT2D eigenvalue weighted by atomic mass is 10.2. The van der Waals surface area contributed by atoms with Gasteiger partial charge in [-0.15, -0.1) is 0 Å². The number of imide groups is 1. The molecule has 2 aromatic rings. The van der Waals surface area contributed by atoms with Crippen LogP contribution in [0.25, 0.3) is 6.08 Å². The van der Waals surface area contributed by atoms with Gasteiger partial charge in [0.1, 0.15) is 18.0 Å². The number of hydrogen-bond donors (Lipinski definition) is 2. The third kappa shape index (κ3) is 5.86. The fourth-order valence-corrected chi connectivity index (χ4v) is 3.94. The first-order valence-electron chi connectivity index (χ1n) is 9.69. The quantitative estimate of drug-likeness (QED) is 0.293. The summed E-state index contributed by atoms with van der Waals surface area (Å²) in [5, 5.41) is 5.21. The van der Waals surface area contributed by atoms with Crippen molar-refractivity contribution in [3.8, 4) is 11.5 Å². The van der Waals surface area contributed by atoms with E-state index in [1.54, 1.807) is 30.3 Å². The maximum atomic E-state index is 12.7. The van der Waals surface area contributed by atoms with E-state index in [-0.39, 0.29) is 23.1 Å². The minimum absolute atomic E-state index is 0.0405. The smallest absolute Gasteiger partial charge is 0.343 e. The lowest BCUT2D eigenvalue weighted by Crippen LogP contribution is -2.38. The van der Waals surface area contributed by atoms with Crippen molar-refractivity contribution in [3.63, 3.8) is 0 Å². The maximum absolute atomic E-state index is 12.7. The molecule has 12 heteroatoms. The summed E-state index contributed by atoms with van der Waals surface area (Å²) < 4.78 is 15.4. The molecule has 1 aliphatic rings. The second-order valence-corrected chi connectivity index (χ2v) is 8.07. The Morgan fingerprint density at radius 1 is 1.21 bits per heavy atom. The molecule has 0 bridgehead atoms. The molecule has 1 heterocycles. The van der Waals surface area contributed by atoms with E-state index in [0.29, 0.717) is 21.5 Å². The first kappa shape index (κ1) is 25.1. The zero-order valence-electron chi connectivity index (χ0n) is 18.0. The van der Waals surface area contributed by atoms with Gasteiger partial charge in [-0.3, -0.25) is 9.59 Å². The highest BCUT2D eigenvalue weighted by Gasteiger charge is 2.35. The van der Waals surface area contributed by atoms with E-state index in [1.165, 1.54) is 26.4 Å². The highest BCUT2D eigenvalue weighted by Crippen LogP contribution is 2.35. The molecule has 0 saturated carbocycles. The van der Waals surface area contributed by atoms with Gasteiger partial charge in [0.25, 0.3) is 5.91 Å². The summed E-state index contributed by atoms with van der Waals surface area (Å²) in [6, 6.07) is 9.08. The summed E-state index contributed by atoms with van der Waals surface area (Å²) in [7, 11) is 2.69. The van der Waals surface area contributed by atoms with Crippen molar-refractivity contribution < 1.29 is 33.4 Å². The van der Waals surface area contributed by atoms with Crippen LogP contribution in [-0.2, 0) is 19.1 Å². The molecule has 0 unspecified atom stereocenters. The Morgan fingerprint density at radius 3 is 2.62 bits per heavy atom. The van der Waals surface area contributed by atoms with Gasteiger partial charge in [-0.05, 0) is 51.8 Å². The second-order valence-electron chi connectivity index (χ2n) is 6.81. The van der Waals surface area contributed by atoms with Crippen molar-refractivity contribution >= 4 is 63.1 Å². The van der Waals surface area contributed by atoms with Gasteiger partial charge in [-0.25, -0.2) is 14.5 Å². The number of ether oxygens (including phenoxy) is 3. The lowest BCUT2D eigenvalue weighted by molar-refractivity contribution is -0.142. The van der Waals surface area contributed by atoms with Crippen molar-refractivity contribution in [2.75, 3.05) is 32.7 Å². The number of hydrogen-bond acceptors (Lipinski definition) is 7. The van der Waals surface area contributed by atoms with Gasteiger partial charge in [-0.1, -0.05) is 23.7 Å². The Hall–Kier alpha value is -3.57. The van der Waals surface area contributed by atoms with E-state index >= 15 is 0 Å². The third-order valence-electron chi connectivity index (χ3n) is 4.54. The molecular formula is C22H19BrClN3O7. The van der Waals surface area contributed by atoms with E-state index in [2.05, 4.69) is 31.3 Å². The van der Waals surface area contributed by atoms with Crippen molar-refractivity contribution in [1.29, 1.82) is 0 Å². The number of esters is 1. The van der Waals surface area contributed by atoms with Gasteiger partial charge in [-0.2, -0.15) is 0 Å². The van der Waals surface area contributed by atoms with E-state index < -0.39 is 30.4 Å². The van der Waals surface area contributed by atoms with Crippen LogP contribution in [0, 0.1) is 0 Å². The molecule has 0 atom stereocenters. The van der Waals surface area contributed by atoms with Crippen LogP contribution >= 0.6 is 27.5 Å². The minimum Gasteiger partial charge on any atom is -0.495 e. The van der Waals surface area contributed by atoms with Crippen LogP contribution < -0.4 is 20.1 Å². The van der Waals surface area contributed by atoms with E-state index in [9.17, 15) is 19.2 Å². The van der Waals surface area contributed by atoms with E-state index in [0.717, 1.165) is 4.90 Å². The van der Waals surface area contributed by atoms with Crippen molar-refractivity contribution in [2.24, 2.45) is 0 Å². The first-order valence-corrected chi connectivity index (χ1v) is 10.9. The van der Waals surface area contributed by atoms with Crippen molar-refractivity contribution in [2.45, 2.75) is 0 Å². The molecule has 2 N–H and O–H groups in total. The molecule has 1 aliphatic heterocycles. The summed E-state index contributed by atoms with van der Waals surface area (Å²) in [6.45, 7) is -0.833. The third-order valence-corrected chi connectivity index (χ3v) is 5.41. The Morgan fingerprint density at radius 2 is 1.94 bits per heavy atom. The van der Waals surface area contributed by atoms with Crippen molar-refractivity contribution in [1.82, 2.24) is 10.2 Å². The Labute approximate surface area is 207 Å². The predicted octanol–water partition coefficient (Wildman–Crippen LogP) is 3.19. The van der Waals surface area contributed by atoms with Gasteiger partial charge in [0.05, 0.1) is 29.4 Å². The summed E-state index contributed by atoms with van der Waals surface area (Å²) in [6.07, 6.45) is 1.40. The van der Waals surface area contributed by atoms with Crippen LogP contribution in [0.15, 0.2) is 46.6 Å². The SMILES string of the molecule is COC(=O)COc1c(Cl)cc(/C=C2/NC(=O)N(CC(=O)Nc3ccccc3OC)C2=O)cc1Br. The summed E-state index contributed by atoms with van der Waals surface area (Å²) >= 11 is 9.53. The molecule has 3 rings (SSSR count). The standard InChI is InChI=1S/C22H19BrClN3O7/c1-32-17-6-4-3-5-15(17)25-18(28)10-27-21(30)16(26-22(27)31)9-12-7-13(23)20(14(24)8-12)34-11-19(29)33-2/h3-9H,10-11H2,1-2H3,(H,25,28)(H,26,31)/b16-9+. The van der Waals surface area contributed by atoms with Gasteiger partial charge in [0, 0.05) is 0 Å². The van der Waals surface area contributed by atoms with Crippen LogP contribution in [0.1, 0.15) is 5.56 Å². The number of halogens is 2. The molecule has 10 nitrogen and oxygen atoms in total. The number of para-hydroxylation sites is 2. The Balaban J connectivity index is 1.72. The maximum Gasteiger partial charge on any atom is 0.343 e. The minimum atomic E-state index is -0.741. The number of nitrogens with zero attached hydrogens (tertiary/aromatic N) is 1. The molecule has 1 saturated heterocycles. The average molecular weight is 553 g/mol. The molecule has 0 aromatic heterocycles. The van der Waals surface area contributed by atoms with Gasteiger partial charge < -0.3 is 24.8 Å². The van der Waals surface area contributed by atoms with Gasteiger partial charge in [0.15, 0.2) is 12.4 Å². The molecule has 178 valence electrons. The summed E-state index contributed by atoms with van der Waals surface area (Å²) in [5.41, 5.74) is 0.833. The van der Waals surface area contributed by atoms with Crippen molar-refractivity contribution in [3.05, 3.63) is 57.2 Å². The van der Waals surface area contributed by atoms with Crippen LogP contribution in [-0.4, -0.2) is 56.1 Å². The van der Waals surface area contributed by atoms with E-state index in [4.69, 9.17) is 21.1 Å². The zero-order chi connectivity index (χ0) is 24.8. The van der Waals surface area contributed by atoms with Crippen LogP contribution in [0.4, 0.5) is 10.5 Å². The first-order chi connectivity index (χ1) is 16.2. The summed E-state index contributed by atoms with van der Waals surface area (Å²) in [4.78, 5) is 49.5. The zero-order valence-corrected chi connectivity index (χ0v) is 20.4. The van der Waals surface area contributed by atoms with Crippen LogP contribution in [0.2, 0.25) is 5.02 Å². The predicted molar refractivity (Wildman–Crippen MR) is 127 cm³/mol. The van der Waals surface area contributed by atoms with Crippen LogP contribution in [0.5, 0.6) is 11.5 Å². The molecule has 0 radical (unpaired) electrons. The normalized spacial score (nSPS) is 14.1. The van der Waals surface area contributed by atoms with Gasteiger partial charge >= 0.3 is 12.0 Å². The number of carbonyl (C=O) groups is 4. The number of urea groups is 1. The largest absolute Gasteiger partial charge is 0.495 e. The number of carbonyl (C=O) groups excluding carboxylic acids is 4. The fraction of sp³-hybridized carbons (Fsp3) is 0.182. The highest BCUT2D eigenvalue weighted by molar-refractivity contribution is 9.10. The molecule has 1 fully saturated rings. The Bertz CT molecular complexity index is 1160. The number of amides is 4. The molecular weight excluding hydrogens is 534 g/mol. The Kier molecular flexibility index (Phi) is 8.13.